The first-order valence-corrected chi connectivity index (χ1v) is 22.5. The Labute approximate surface area is 312 Å². The third-order valence-electron chi connectivity index (χ3n) is 9.12. The average molecular weight is 748 g/mol. The van der Waals surface area contributed by atoms with Crippen molar-refractivity contribution in [2.75, 3.05) is 26.4 Å². The number of carbonyl (C=O) groups is 3. The van der Waals surface area contributed by atoms with E-state index in [1.807, 2.05) is 0 Å². The van der Waals surface area contributed by atoms with Gasteiger partial charge in [-0.3, -0.25) is 23.4 Å². The highest BCUT2D eigenvalue weighted by molar-refractivity contribution is 7.47. The van der Waals surface area contributed by atoms with E-state index in [1.165, 1.54) is 122 Å². The molecule has 2 atom stereocenters. The Morgan fingerprint density at radius 3 is 1.35 bits per heavy atom. The quantitative estimate of drug-likeness (QED) is 0.0357. The highest BCUT2D eigenvalue weighted by Crippen LogP contribution is 2.43. The van der Waals surface area contributed by atoms with Gasteiger partial charge in [-0.15, -0.1) is 0 Å². The molecule has 0 radical (unpaired) electrons. The number of esters is 2. The molecule has 11 heteroatoms. The number of phosphoric ester groups is 1. The van der Waals surface area contributed by atoms with Gasteiger partial charge in [0, 0.05) is 25.8 Å². The highest BCUT2D eigenvalue weighted by Gasteiger charge is 2.26. The van der Waals surface area contributed by atoms with E-state index in [9.17, 15) is 23.8 Å². The van der Waals surface area contributed by atoms with Crippen molar-refractivity contribution in [3.05, 3.63) is 0 Å². The summed E-state index contributed by atoms with van der Waals surface area (Å²) in [5.74, 6) is -1.07. The Kier molecular flexibility index (Phi) is 35.8. The average Bonchev–Trinajstić information content (AvgIpc) is 3.11. The number of hydrogen-bond acceptors (Lipinski definition) is 8. The maximum Gasteiger partial charge on any atom is 0.472 e. The molecule has 0 aliphatic heterocycles. The van der Waals surface area contributed by atoms with Gasteiger partial charge in [-0.1, -0.05) is 175 Å². The lowest BCUT2D eigenvalue weighted by Gasteiger charge is -2.20. The molecule has 0 spiro atoms. The molecule has 2 N–H and O–H groups in total. The Balaban J connectivity index is 4.39. The van der Waals surface area contributed by atoms with Gasteiger partial charge < -0.3 is 19.7 Å². The summed E-state index contributed by atoms with van der Waals surface area (Å²) in [7, 11) is -4.48. The summed E-state index contributed by atoms with van der Waals surface area (Å²) >= 11 is 0. The number of nitrogens with one attached hydrogen (secondary N) is 1. The molecule has 0 saturated heterocycles. The summed E-state index contributed by atoms with van der Waals surface area (Å²) in [6.45, 7) is 5.27. The third kappa shape index (κ3) is 36.7. The van der Waals surface area contributed by atoms with Crippen LogP contribution in [0.3, 0.4) is 0 Å². The topological polar surface area (TPSA) is 137 Å². The highest BCUT2D eigenvalue weighted by atomic mass is 31.2. The number of ether oxygens (including phenoxy) is 2. The van der Waals surface area contributed by atoms with Crippen molar-refractivity contribution in [1.82, 2.24) is 5.32 Å². The third-order valence-corrected chi connectivity index (χ3v) is 10.1. The Morgan fingerprint density at radius 2 is 0.941 bits per heavy atom. The molecule has 1 amide bonds. The summed E-state index contributed by atoms with van der Waals surface area (Å²) in [6, 6.07) is 0. The molecular weight excluding hydrogens is 669 g/mol. The monoisotopic (exact) mass is 748 g/mol. The molecule has 0 aliphatic carbocycles. The van der Waals surface area contributed by atoms with Gasteiger partial charge in [-0.2, -0.15) is 0 Å². The Bertz CT molecular complexity index is 873. The van der Waals surface area contributed by atoms with Crippen LogP contribution in [0, 0.1) is 0 Å². The molecule has 0 fully saturated rings. The first-order chi connectivity index (χ1) is 24.7. The fourth-order valence-corrected chi connectivity index (χ4v) is 6.64. The van der Waals surface area contributed by atoms with Crippen LogP contribution in [0.15, 0.2) is 0 Å². The van der Waals surface area contributed by atoms with E-state index in [4.69, 9.17) is 18.5 Å². The van der Waals surface area contributed by atoms with Crippen LogP contribution < -0.4 is 5.32 Å². The van der Waals surface area contributed by atoms with Crippen LogP contribution >= 0.6 is 7.82 Å². The van der Waals surface area contributed by atoms with E-state index in [-0.39, 0.29) is 44.9 Å². The molecule has 0 rings (SSSR count). The van der Waals surface area contributed by atoms with Crippen LogP contribution in [0.5, 0.6) is 0 Å². The van der Waals surface area contributed by atoms with Crippen LogP contribution in [0.2, 0.25) is 0 Å². The van der Waals surface area contributed by atoms with Crippen molar-refractivity contribution in [3.8, 4) is 0 Å². The van der Waals surface area contributed by atoms with Crippen LogP contribution in [0.25, 0.3) is 0 Å². The van der Waals surface area contributed by atoms with Crippen molar-refractivity contribution < 1.29 is 42.4 Å². The van der Waals surface area contributed by atoms with E-state index in [1.54, 1.807) is 6.92 Å². The van der Waals surface area contributed by atoms with Gasteiger partial charge in [0.2, 0.25) is 5.91 Å². The number of hydrogen-bond donors (Lipinski definition) is 2. The molecule has 51 heavy (non-hydrogen) atoms. The zero-order valence-electron chi connectivity index (χ0n) is 33.1. The first kappa shape index (κ1) is 49.5. The molecule has 0 aliphatic rings. The predicted molar refractivity (Wildman–Crippen MR) is 206 cm³/mol. The number of carbonyl (C=O) groups excluding carboxylic acids is 3. The maximum absolute atomic E-state index is 12.6. The number of rotatable bonds is 39. The van der Waals surface area contributed by atoms with Gasteiger partial charge in [-0.25, -0.2) is 4.57 Å². The Hall–Kier alpha value is -1.48. The maximum atomic E-state index is 12.6. The fourth-order valence-electron chi connectivity index (χ4n) is 5.88. The summed E-state index contributed by atoms with van der Waals surface area (Å²) in [5, 5.41) is 2.55. The second kappa shape index (κ2) is 36.9. The smallest absolute Gasteiger partial charge is 0.462 e. The minimum Gasteiger partial charge on any atom is -0.462 e. The van der Waals surface area contributed by atoms with Gasteiger partial charge in [0.15, 0.2) is 6.10 Å². The zero-order valence-corrected chi connectivity index (χ0v) is 34.0. The lowest BCUT2D eigenvalue weighted by molar-refractivity contribution is -0.161. The van der Waals surface area contributed by atoms with Crippen molar-refractivity contribution in [1.29, 1.82) is 0 Å². The second-order valence-electron chi connectivity index (χ2n) is 14.1. The first-order valence-electron chi connectivity index (χ1n) is 21.0. The lowest BCUT2D eigenvalue weighted by Crippen LogP contribution is -2.30. The van der Waals surface area contributed by atoms with Gasteiger partial charge in [0.1, 0.15) is 6.61 Å². The summed E-state index contributed by atoms with van der Waals surface area (Å²) in [6.07, 6.45) is 31.2. The minimum atomic E-state index is -4.48. The SMILES string of the molecule is CCCCCCCCCCCCCCCC(=O)OC[C@H](COP(=O)(O)OCCNC(=O)CC)OC(=O)CCCCCCCCCCCCCCC. The summed E-state index contributed by atoms with van der Waals surface area (Å²) in [5.41, 5.74) is 0. The van der Waals surface area contributed by atoms with E-state index in [0.29, 0.717) is 6.42 Å². The van der Waals surface area contributed by atoms with E-state index in [0.717, 1.165) is 38.5 Å². The molecule has 0 aromatic carbocycles. The molecule has 10 nitrogen and oxygen atoms in total. The van der Waals surface area contributed by atoms with Crippen LogP contribution in [-0.2, 0) is 37.5 Å². The van der Waals surface area contributed by atoms with Gasteiger partial charge in [0.05, 0.1) is 13.2 Å². The van der Waals surface area contributed by atoms with Crippen molar-refractivity contribution >= 4 is 25.7 Å². The fraction of sp³-hybridized carbons (Fsp3) is 0.925. The van der Waals surface area contributed by atoms with Crippen molar-refractivity contribution in [3.63, 3.8) is 0 Å². The van der Waals surface area contributed by atoms with Gasteiger partial charge >= 0.3 is 19.8 Å². The van der Waals surface area contributed by atoms with Crippen LogP contribution in [0.4, 0.5) is 0 Å². The van der Waals surface area contributed by atoms with E-state index < -0.39 is 32.5 Å². The minimum absolute atomic E-state index is 0.0505. The van der Waals surface area contributed by atoms with Gasteiger partial charge in [0.25, 0.3) is 0 Å². The summed E-state index contributed by atoms with van der Waals surface area (Å²) in [4.78, 5) is 46.5. The van der Waals surface area contributed by atoms with Crippen molar-refractivity contribution in [2.24, 2.45) is 0 Å². The van der Waals surface area contributed by atoms with Crippen LogP contribution in [-0.4, -0.2) is 55.2 Å². The molecule has 302 valence electrons. The normalized spacial score (nSPS) is 13.1. The van der Waals surface area contributed by atoms with E-state index in [2.05, 4.69) is 19.2 Å². The molecule has 0 heterocycles. The van der Waals surface area contributed by atoms with Crippen LogP contribution in [0.1, 0.15) is 207 Å². The second-order valence-corrected chi connectivity index (χ2v) is 15.5. The lowest BCUT2D eigenvalue weighted by atomic mass is 10.0. The predicted octanol–water partition coefficient (Wildman–Crippen LogP) is 11.1. The number of amides is 1. The molecule has 0 bridgehead atoms. The molecule has 1 unspecified atom stereocenters. The standard InChI is InChI=1S/C40H78NO9P/c1-4-7-9-11-13-15-17-19-21-23-25-27-29-31-39(43)47-35-37(36-49-51(45,46)48-34-33-41-38(42)6-3)50-40(44)32-30-28-26-24-22-20-18-16-14-12-10-8-5-2/h37H,4-36H2,1-3H3,(H,41,42)(H,45,46)/t37-/m1/s1. The Morgan fingerprint density at radius 1 is 0.549 bits per heavy atom. The molecule has 0 aromatic heterocycles. The molecule has 0 saturated carbocycles. The van der Waals surface area contributed by atoms with Gasteiger partial charge in [-0.05, 0) is 12.8 Å². The molecule has 0 aromatic rings. The zero-order chi connectivity index (χ0) is 37.7. The van der Waals surface area contributed by atoms with E-state index >= 15 is 0 Å². The summed E-state index contributed by atoms with van der Waals surface area (Å²) < 4.78 is 33.2. The number of phosphoric acid groups is 1. The van der Waals surface area contributed by atoms with Crippen molar-refractivity contribution in [2.45, 2.75) is 213 Å². The number of unbranched alkanes of at least 4 members (excludes halogenated alkanes) is 24. The molecular formula is C40H78NO9P. The largest absolute Gasteiger partial charge is 0.472 e.